The van der Waals surface area contributed by atoms with E-state index in [0.29, 0.717) is 25.3 Å². The van der Waals surface area contributed by atoms with Gasteiger partial charge in [-0.3, -0.25) is 9.59 Å². The second kappa shape index (κ2) is 12.3. The van der Waals surface area contributed by atoms with Crippen molar-refractivity contribution in [2.24, 2.45) is 0 Å². The van der Waals surface area contributed by atoms with Crippen molar-refractivity contribution in [2.45, 2.75) is 44.5 Å². The van der Waals surface area contributed by atoms with Crippen LogP contribution in [0.2, 0.25) is 0 Å². The molecule has 0 unspecified atom stereocenters. The first kappa shape index (κ1) is 30.3. The van der Waals surface area contributed by atoms with Crippen LogP contribution < -0.4 is 14.5 Å². The number of amides is 2. The van der Waals surface area contributed by atoms with Crippen molar-refractivity contribution >= 4 is 34.1 Å². The standard InChI is InChI=1S/C33H36FN7O4/c1-20-7-5-8-22-9-6-10-26(30(20)22)39-12-11-24-25(18-39)36-33(45-19-27-28(42)15-29(43)38(27)4)37-31(24)40-13-14-41(32(44)21(2)34)23(17-40)16-35-3/h5-10,23,27-28,42H,2,11-19H2,1,4H3/t23-,27+,28+/m0/s1. The van der Waals surface area contributed by atoms with Gasteiger partial charge in [0.25, 0.3) is 5.91 Å². The fraction of sp³-hybridized carbons (Fsp3) is 0.424. The van der Waals surface area contributed by atoms with E-state index in [1.54, 1.807) is 7.05 Å². The van der Waals surface area contributed by atoms with Crippen LogP contribution in [0.25, 0.3) is 15.6 Å². The topological polar surface area (TPSA) is 107 Å². The minimum absolute atomic E-state index is 0.0142. The minimum atomic E-state index is -1.05. The quantitative estimate of drug-likeness (QED) is 0.321. The summed E-state index contributed by atoms with van der Waals surface area (Å²) in [5, 5.41) is 12.8. The third-order valence-electron chi connectivity index (χ3n) is 9.13. The molecule has 11 nitrogen and oxygen atoms in total. The molecule has 0 radical (unpaired) electrons. The van der Waals surface area contributed by atoms with E-state index in [2.05, 4.69) is 59.6 Å². The van der Waals surface area contributed by atoms with Crippen LogP contribution in [0.4, 0.5) is 15.9 Å². The molecule has 0 bridgehead atoms. The third-order valence-corrected chi connectivity index (χ3v) is 9.13. The molecule has 2 fully saturated rings. The molecule has 2 aromatic carbocycles. The first-order valence-electron chi connectivity index (χ1n) is 15.1. The maximum Gasteiger partial charge on any atom is 0.318 e. The van der Waals surface area contributed by atoms with E-state index >= 15 is 0 Å². The Bertz CT molecular complexity index is 1700. The lowest BCUT2D eigenvalue weighted by molar-refractivity contribution is -0.131. The van der Waals surface area contributed by atoms with Gasteiger partial charge >= 0.3 is 6.01 Å². The summed E-state index contributed by atoms with van der Waals surface area (Å²) in [5.74, 6) is -1.35. The molecular formula is C33H36FN7O4. The van der Waals surface area contributed by atoms with E-state index < -0.39 is 29.9 Å². The van der Waals surface area contributed by atoms with Gasteiger partial charge in [0.15, 0.2) is 5.83 Å². The van der Waals surface area contributed by atoms with Gasteiger partial charge in [-0.05, 0) is 30.4 Å². The number of likely N-dealkylation sites (tertiary alicyclic amines) is 1. The fourth-order valence-corrected chi connectivity index (χ4v) is 6.71. The highest BCUT2D eigenvalue weighted by Crippen LogP contribution is 2.36. The number of fused-ring (bicyclic) bond motifs is 2. The van der Waals surface area contributed by atoms with Crippen LogP contribution >= 0.6 is 0 Å². The van der Waals surface area contributed by atoms with Crippen LogP contribution in [0.3, 0.4) is 0 Å². The number of aromatic nitrogens is 2. The fourth-order valence-electron chi connectivity index (χ4n) is 6.71. The monoisotopic (exact) mass is 613 g/mol. The van der Waals surface area contributed by atoms with Gasteiger partial charge in [-0.1, -0.05) is 36.9 Å². The van der Waals surface area contributed by atoms with Crippen molar-refractivity contribution in [1.29, 1.82) is 0 Å². The molecule has 12 heteroatoms. The van der Waals surface area contributed by atoms with Crippen molar-refractivity contribution in [3.05, 3.63) is 77.0 Å². The Morgan fingerprint density at radius 3 is 2.67 bits per heavy atom. The third kappa shape index (κ3) is 5.76. The first-order chi connectivity index (χ1) is 21.7. The number of likely N-dealkylation sites (N-methyl/N-ethyl adjacent to an activating group) is 1. The van der Waals surface area contributed by atoms with Crippen LogP contribution in [0.1, 0.15) is 23.2 Å². The number of aliphatic hydroxyl groups excluding tert-OH is 1. The Morgan fingerprint density at radius 2 is 1.96 bits per heavy atom. The van der Waals surface area contributed by atoms with Crippen molar-refractivity contribution in [2.75, 3.05) is 56.2 Å². The van der Waals surface area contributed by atoms with Gasteiger partial charge in [0, 0.05) is 49.9 Å². The zero-order chi connectivity index (χ0) is 31.8. The number of benzene rings is 2. The van der Waals surface area contributed by atoms with Gasteiger partial charge in [-0.25, -0.2) is 11.0 Å². The minimum Gasteiger partial charge on any atom is -0.461 e. The number of hydrogen-bond donors (Lipinski definition) is 1. The van der Waals surface area contributed by atoms with Crippen molar-refractivity contribution in [3.63, 3.8) is 0 Å². The summed E-state index contributed by atoms with van der Waals surface area (Å²) in [4.78, 5) is 45.0. The van der Waals surface area contributed by atoms with Crippen LogP contribution in [0.5, 0.6) is 6.01 Å². The second-order valence-corrected chi connectivity index (χ2v) is 11.9. The van der Waals surface area contributed by atoms with Crippen molar-refractivity contribution in [1.82, 2.24) is 19.8 Å². The number of hydrogen-bond acceptors (Lipinski definition) is 8. The maximum atomic E-state index is 13.8. The van der Waals surface area contributed by atoms with Gasteiger partial charge < -0.3 is 34.3 Å². The average Bonchev–Trinajstić information content (AvgIpc) is 3.28. The van der Waals surface area contributed by atoms with Crippen molar-refractivity contribution in [3.8, 4) is 6.01 Å². The van der Waals surface area contributed by atoms with Gasteiger partial charge in [0.2, 0.25) is 12.5 Å². The molecule has 6 rings (SSSR count). The number of nitrogens with zero attached hydrogens (tertiary/aromatic N) is 7. The molecule has 2 saturated heterocycles. The summed E-state index contributed by atoms with van der Waals surface area (Å²) < 4.78 is 19.9. The summed E-state index contributed by atoms with van der Waals surface area (Å²) >= 11 is 0. The number of carbonyl (C=O) groups is 2. The van der Waals surface area contributed by atoms with Gasteiger partial charge in [0.05, 0.1) is 30.8 Å². The van der Waals surface area contributed by atoms with Crippen LogP contribution in [-0.2, 0) is 22.6 Å². The summed E-state index contributed by atoms with van der Waals surface area (Å²) in [6.45, 7) is 14.9. The summed E-state index contributed by atoms with van der Waals surface area (Å²) in [6, 6.07) is 11.6. The number of piperazine rings is 1. The number of halogens is 1. The smallest absolute Gasteiger partial charge is 0.318 e. The highest BCUT2D eigenvalue weighted by Gasteiger charge is 2.38. The first-order valence-corrected chi connectivity index (χ1v) is 15.1. The number of carbonyl (C=O) groups excluding carboxylic acids is 2. The highest BCUT2D eigenvalue weighted by molar-refractivity contribution is 5.97. The lowest BCUT2D eigenvalue weighted by atomic mass is 9.99. The lowest BCUT2D eigenvalue weighted by Crippen LogP contribution is -2.57. The molecule has 3 aliphatic rings. The molecule has 0 aliphatic carbocycles. The lowest BCUT2D eigenvalue weighted by Gasteiger charge is -2.41. The molecular weight excluding hydrogens is 577 g/mol. The molecule has 1 aromatic heterocycles. The Labute approximate surface area is 261 Å². The molecule has 3 atom stereocenters. The normalized spacial score (nSPS) is 21.6. The van der Waals surface area contributed by atoms with E-state index in [9.17, 15) is 19.1 Å². The van der Waals surface area contributed by atoms with E-state index in [4.69, 9.17) is 21.3 Å². The molecule has 4 heterocycles. The molecule has 0 saturated carbocycles. The molecule has 3 aliphatic heterocycles. The average molecular weight is 614 g/mol. The zero-order valence-electron chi connectivity index (χ0n) is 25.4. The molecule has 3 aromatic rings. The number of ether oxygens (including phenoxy) is 1. The Morgan fingerprint density at radius 1 is 1.18 bits per heavy atom. The Balaban J connectivity index is 1.35. The maximum absolute atomic E-state index is 13.8. The summed E-state index contributed by atoms with van der Waals surface area (Å²) in [7, 11) is 1.64. The van der Waals surface area contributed by atoms with Crippen LogP contribution in [-0.4, -0.2) is 101 Å². The van der Waals surface area contributed by atoms with Gasteiger partial charge in [-0.2, -0.15) is 9.97 Å². The number of aliphatic hydroxyl groups is 1. The van der Waals surface area contributed by atoms with E-state index in [-0.39, 0.29) is 44.6 Å². The molecule has 0 spiro atoms. The second-order valence-electron chi connectivity index (χ2n) is 11.9. The Kier molecular flexibility index (Phi) is 8.29. The van der Waals surface area contributed by atoms with Gasteiger partial charge in [-0.15, -0.1) is 0 Å². The van der Waals surface area contributed by atoms with Crippen molar-refractivity contribution < 1.29 is 23.8 Å². The van der Waals surface area contributed by atoms with E-state index in [1.165, 1.54) is 20.7 Å². The SMILES string of the molecule is [C-]#[N+]C[C@H]1CN(c2nc(OC[C@@H]3[C@H](O)CC(=O)N3C)nc3c2CCN(c2cccc4cccc(C)c24)C3)CCN1C(=O)C(=C)F. The largest absolute Gasteiger partial charge is 0.461 e. The van der Waals surface area contributed by atoms with E-state index in [1.807, 2.05) is 4.90 Å². The molecule has 234 valence electrons. The molecule has 45 heavy (non-hydrogen) atoms. The highest BCUT2D eigenvalue weighted by atomic mass is 19.1. The summed E-state index contributed by atoms with van der Waals surface area (Å²) in [5.41, 5.74) is 4.05. The van der Waals surface area contributed by atoms with Crippen LogP contribution in [0.15, 0.2) is 48.8 Å². The zero-order valence-corrected chi connectivity index (χ0v) is 25.4. The Hall–Kier alpha value is -4.76. The molecule has 1 N–H and O–H groups in total. The number of aryl methyl sites for hydroxylation is 1. The van der Waals surface area contributed by atoms with E-state index in [0.717, 1.165) is 28.9 Å². The number of anilines is 2. The predicted octanol–water partition coefficient (Wildman–Crippen LogP) is 2.89. The summed E-state index contributed by atoms with van der Waals surface area (Å²) in [6.07, 6.45) is -0.161. The predicted molar refractivity (Wildman–Crippen MR) is 168 cm³/mol. The molecule has 2 amide bonds. The van der Waals surface area contributed by atoms with Crippen LogP contribution in [0, 0.1) is 13.5 Å². The number of rotatable bonds is 7. The van der Waals surface area contributed by atoms with Gasteiger partial charge in [0.1, 0.15) is 18.5 Å².